The van der Waals surface area contributed by atoms with Gasteiger partial charge in [-0.3, -0.25) is 14.3 Å². The van der Waals surface area contributed by atoms with E-state index in [4.69, 9.17) is 9.47 Å². The quantitative estimate of drug-likeness (QED) is 0.393. The van der Waals surface area contributed by atoms with Crippen LogP contribution >= 0.6 is 0 Å². The highest BCUT2D eigenvalue weighted by atomic mass is 16.6. The molecule has 2 aromatic heterocycles. The first kappa shape index (κ1) is 22.3. The number of carbonyl (C=O) groups excluding carboxylic acids is 1. The fourth-order valence-electron chi connectivity index (χ4n) is 3.78. The number of imidazole rings is 1. The summed E-state index contributed by atoms with van der Waals surface area (Å²) in [6.07, 6.45) is 1.67. The zero-order valence-electron chi connectivity index (χ0n) is 18.7. The molecule has 0 spiro atoms. The molecular formula is C24H26N4O5. The fourth-order valence-corrected chi connectivity index (χ4v) is 3.78. The second-order valence-corrected chi connectivity index (χ2v) is 7.67. The maximum atomic E-state index is 12.5. The molecule has 0 radical (unpaired) electrons. The highest BCUT2D eigenvalue weighted by molar-refractivity contribution is 5.83. The van der Waals surface area contributed by atoms with E-state index >= 15 is 0 Å². The van der Waals surface area contributed by atoms with E-state index in [9.17, 15) is 14.4 Å². The monoisotopic (exact) mass is 450 g/mol. The van der Waals surface area contributed by atoms with Gasteiger partial charge in [0.25, 0.3) is 5.56 Å². The molecule has 33 heavy (non-hydrogen) atoms. The summed E-state index contributed by atoms with van der Waals surface area (Å²) in [5.74, 6) is 0.404. The summed E-state index contributed by atoms with van der Waals surface area (Å²) in [5, 5.41) is 2.10. The zero-order valence-corrected chi connectivity index (χ0v) is 18.7. The van der Waals surface area contributed by atoms with Crippen molar-refractivity contribution in [2.45, 2.75) is 46.4 Å². The van der Waals surface area contributed by atoms with Crippen LogP contribution in [0.3, 0.4) is 0 Å². The van der Waals surface area contributed by atoms with Gasteiger partial charge in [0.1, 0.15) is 18.2 Å². The van der Waals surface area contributed by atoms with Gasteiger partial charge in [0.15, 0.2) is 17.8 Å². The van der Waals surface area contributed by atoms with Crippen LogP contribution in [0.2, 0.25) is 0 Å². The number of H-pyrrole nitrogens is 1. The zero-order chi connectivity index (χ0) is 23.4. The van der Waals surface area contributed by atoms with Crippen LogP contribution in [-0.4, -0.2) is 31.7 Å². The normalized spacial score (nSPS) is 11.2. The van der Waals surface area contributed by atoms with Gasteiger partial charge in [-0.05, 0) is 36.2 Å². The summed E-state index contributed by atoms with van der Waals surface area (Å²) in [6.45, 7) is 4.37. The minimum Gasteiger partial charge on any atom is -0.482 e. The average Bonchev–Trinajstić information content (AvgIpc) is 3.20. The van der Waals surface area contributed by atoms with Crippen LogP contribution in [-0.2, 0) is 29.2 Å². The molecule has 0 fully saturated rings. The van der Waals surface area contributed by atoms with Gasteiger partial charge < -0.3 is 14.0 Å². The topological polar surface area (TPSA) is 108 Å². The first-order valence-corrected chi connectivity index (χ1v) is 11.0. The molecule has 172 valence electrons. The molecule has 4 rings (SSSR count). The van der Waals surface area contributed by atoms with Gasteiger partial charge in [0.2, 0.25) is 0 Å². The molecule has 0 bridgehead atoms. The summed E-state index contributed by atoms with van der Waals surface area (Å²) in [6, 6.07) is 13.5. The van der Waals surface area contributed by atoms with Crippen LogP contribution in [0.5, 0.6) is 5.75 Å². The minimum atomic E-state index is -0.560. The lowest BCUT2D eigenvalue weighted by Crippen LogP contribution is -2.31. The SMILES string of the molecule is CCCCn1c(=O)[nH]c(=O)c2c1nc(COC(=O)COc1ccc3ccccc3c1)n2CC. The predicted octanol–water partition coefficient (Wildman–Crippen LogP) is 2.98. The third-order valence-electron chi connectivity index (χ3n) is 5.46. The minimum absolute atomic E-state index is 0.135. The lowest BCUT2D eigenvalue weighted by molar-refractivity contribution is -0.147. The molecule has 0 unspecified atom stereocenters. The number of unbranched alkanes of at least 4 members (excludes halogenated alkanes) is 1. The van der Waals surface area contributed by atoms with E-state index < -0.39 is 17.2 Å². The van der Waals surface area contributed by atoms with Crippen molar-refractivity contribution in [1.82, 2.24) is 19.1 Å². The largest absolute Gasteiger partial charge is 0.482 e. The second kappa shape index (κ2) is 9.72. The lowest BCUT2D eigenvalue weighted by atomic mass is 10.1. The van der Waals surface area contributed by atoms with Crippen molar-refractivity contribution in [2.75, 3.05) is 6.61 Å². The molecule has 4 aromatic rings. The van der Waals surface area contributed by atoms with Gasteiger partial charge in [-0.25, -0.2) is 14.6 Å². The number of benzene rings is 2. The molecule has 2 heterocycles. The number of aryl methyl sites for hydroxylation is 2. The Hall–Kier alpha value is -3.88. The summed E-state index contributed by atoms with van der Waals surface area (Å²) < 4.78 is 14.0. The van der Waals surface area contributed by atoms with Crippen molar-refractivity contribution in [3.63, 3.8) is 0 Å². The van der Waals surface area contributed by atoms with Crippen LogP contribution in [0.1, 0.15) is 32.5 Å². The number of ether oxygens (including phenoxy) is 2. The molecule has 9 nitrogen and oxygen atoms in total. The van der Waals surface area contributed by atoms with E-state index in [1.54, 1.807) is 10.6 Å². The molecule has 0 aliphatic heterocycles. The van der Waals surface area contributed by atoms with E-state index in [-0.39, 0.29) is 13.2 Å². The van der Waals surface area contributed by atoms with Crippen molar-refractivity contribution in [2.24, 2.45) is 0 Å². The Morgan fingerprint density at radius 3 is 2.61 bits per heavy atom. The van der Waals surface area contributed by atoms with Gasteiger partial charge in [0.05, 0.1) is 0 Å². The van der Waals surface area contributed by atoms with E-state index in [1.807, 2.05) is 50.2 Å². The standard InChI is InChI=1S/C24H26N4O5/c1-3-5-12-28-22-21(23(30)26-24(28)31)27(4-2)19(25-22)14-33-20(29)15-32-18-11-10-16-8-6-7-9-17(16)13-18/h6-11,13H,3-5,12,14-15H2,1-2H3,(H,26,30,31). The number of aromatic nitrogens is 4. The van der Waals surface area contributed by atoms with Crippen molar-refractivity contribution >= 4 is 27.9 Å². The predicted molar refractivity (Wildman–Crippen MR) is 124 cm³/mol. The van der Waals surface area contributed by atoms with Crippen molar-refractivity contribution in [3.05, 3.63) is 69.1 Å². The highest BCUT2D eigenvalue weighted by Crippen LogP contribution is 2.20. The van der Waals surface area contributed by atoms with Gasteiger partial charge in [-0.2, -0.15) is 0 Å². The number of hydrogen-bond donors (Lipinski definition) is 1. The number of hydrogen-bond acceptors (Lipinski definition) is 6. The van der Waals surface area contributed by atoms with Crippen molar-refractivity contribution in [1.29, 1.82) is 0 Å². The molecule has 9 heteroatoms. The summed E-state index contributed by atoms with van der Waals surface area (Å²) in [5.41, 5.74) is -0.396. The Kier molecular flexibility index (Phi) is 6.58. The Balaban J connectivity index is 1.48. The average molecular weight is 450 g/mol. The molecule has 0 aliphatic rings. The molecular weight excluding hydrogens is 424 g/mol. The molecule has 0 amide bonds. The first-order chi connectivity index (χ1) is 16.0. The number of nitrogens with one attached hydrogen (secondary N) is 1. The number of carbonyl (C=O) groups is 1. The summed E-state index contributed by atoms with van der Waals surface area (Å²) in [4.78, 5) is 43.9. The fraction of sp³-hybridized carbons (Fsp3) is 0.333. The van der Waals surface area contributed by atoms with E-state index in [0.717, 1.165) is 23.6 Å². The number of rotatable bonds is 9. The molecule has 1 N–H and O–H groups in total. The van der Waals surface area contributed by atoms with Gasteiger partial charge in [-0.15, -0.1) is 0 Å². The van der Waals surface area contributed by atoms with Crippen LogP contribution in [0.15, 0.2) is 52.1 Å². The number of aromatic amines is 1. The van der Waals surface area contributed by atoms with Crippen molar-refractivity contribution < 1.29 is 14.3 Å². The van der Waals surface area contributed by atoms with Crippen LogP contribution in [0.25, 0.3) is 21.9 Å². The highest BCUT2D eigenvalue weighted by Gasteiger charge is 2.18. The molecule has 0 saturated carbocycles. The third-order valence-corrected chi connectivity index (χ3v) is 5.46. The lowest BCUT2D eigenvalue weighted by Gasteiger charge is -2.09. The maximum absolute atomic E-state index is 12.5. The maximum Gasteiger partial charge on any atom is 0.344 e. The first-order valence-electron chi connectivity index (χ1n) is 11.0. The van der Waals surface area contributed by atoms with Gasteiger partial charge >= 0.3 is 11.7 Å². The van der Waals surface area contributed by atoms with Crippen molar-refractivity contribution in [3.8, 4) is 5.75 Å². The number of fused-ring (bicyclic) bond motifs is 2. The van der Waals surface area contributed by atoms with Crippen LogP contribution < -0.4 is 16.0 Å². The Labute approximate surface area is 189 Å². The Morgan fingerprint density at radius 1 is 1.06 bits per heavy atom. The number of esters is 1. The second-order valence-electron chi connectivity index (χ2n) is 7.67. The smallest absolute Gasteiger partial charge is 0.344 e. The molecule has 0 saturated heterocycles. The van der Waals surface area contributed by atoms with Crippen LogP contribution in [0.4, 0.5) is 0 Å². The van der Waals surface area contributed by atoms with Gasteiger partial charge in [-0.1, -0.05) is 43.7 Å². The summed E-state index contributed by atoms with van der Waals surface area (Å²) >= 11 is 0. The van der Waals surface area contributed by atoms with Gasteiger partial charge in [0, 0.05) is 13.1 Å². The summed E-state index contributed by atoms with van der Waals surface area (Å²) in [7, 11) is 0. The molecule has 2 aromatic carbocycles. The van der Waals surface area contributed by atoms with Crippen LogP contribution in [0, 0.1) is 0 Å². The molecule has 0 atom stereocenters. The van der Waals surface area contributed by atoms with E-state index in [1.165, 1.54) is 4.57 Å². The van der Waals surface area contributed by atoms with E-state index in [0.29, 0.717) is 35.8 Å². The molecule has 0 aliphatic carbocycles. The van der Waals surface area contributed by atoms with E-state index in [2.05, 4.69) is 9.97 Å². The number of nitrogens with zero attached hydrogens (tertiary/aromatic N) is 3. The Morgan fingerprint density at radius 2 is 1.85 bits per heavy atom. The Bertz CT molecular complexity index is 1420. The third kappa shape index (κ3) is 4.67.